The van der Waals surface area contributed by atoms with Crippen molar-refractivity contribution in [2.24, 2.45) is 11.3 Å². The summed E-state index contributed by atoms with van der Waals surface area (Å²) in [6, 6.07) is 5.56. The number of rotatable bonds is 3. The summed E-state index contributed by atoms with van der Waals surface area (Å²) in [4.78, 5) is 23.9. The second-order valence-electron chi connectivity index (χ2n) is 6.45. The quantitative estimate of drug-likeness (QED) is 0.888. The Bertz CT molecular complexity index is 540. The van der Waals surface area contributed by atoms with Crippen LogP contribution in [0.1, 0.15) is 39.2 Å². The molecule has 0 aliphatic heterocycles. The maximum Gasteiger partial charge on any atom is 0.229 e. The number of carbonyl (C=O) groups is 2. The van der Waals surface area contributed by atoms with Gasteiger partial charge in [0.05, 0.1) is 0 Å². The molecule has 0 unspecified atom stereocenters. The van der Waals surface area contributed by atoms with Crippen LogP contribution in [-0.2, 0) is 9.59 Å². The Kier molecular flexibility index (Phi) is 3.84. The third-order valence-electron chi connectivity index (χ3n) is 3.47. The van der Waals surface area contributed by atoms with Crippen LogP contribution in [0.3, 0.4) is 0 Å². The van der Waals surface area contributed by atoms with Crippen LogP contribution in [0.25, 0.3) is 0 Å². The van der Waals surface area contributed by atoms with E-state index < -0.39 is 5.41 Å². The van der Waals surface area contributed by atoms with Crippen LogP contribution in [0.15, 0.2) is 18.2 Å². The van der Waals surface area contributed by atoms with E-state index in [0.717, 1.165) is 29.8 Å². The van der Waals surface area contributed by atoms with Gasteiger partial charge < -0.3 is 10.6 Å². The SMILES string of the molecule is Cc1c(NC(=O)C2CC2)cccc1NC(=O)C(C)(C)C. The highest BCUT2D eigenvalue weighted by Crippen LogP contribution is 2.32. The summed E-state index contributed by atoms with van der Waals surface area (Å²) in [6.07, 6.45) is 1.96. The van der Waals surface area contributed by atoms with E-state index in [4.69, 9.17) is 0 Å². The summed E-state index contributed by atoms with van der Waals surface area (Å²) in [5.41, 5.74) is 1.96. The molecule has 0 radical (unpaired) electrons. The maximum atomic E-state index is 12.0. The van der Waals surface area contributed by atoms with E-state index in [1.807, 2.05) is 45.9 Å². The zero-order chi connectivity index (χ0) is 14.9. The molecule has 1 aliphatic carbocycles. The predicted molar refractivity (Wildman–Crippen MR) is 80.6 cm³/mol. The van der Waals surface area contributed by atoms with Gasteiger partial charge in [-0.05, 0) is 37.5 Å². The Morgan fingerprint density at radius 2 is 1.65 bits per heavy atom. The Balaban J connectivity index is 2.14. The lowest BCUT2D eigenvalue weighted by Gasteiger charge is -2.20. The molecule has 1 aliphatic rings. The third-order valence-corrected chi connectivity index (χ3v) is 3.47. The molecule has 0 atom stereocenters. The van der Waals surface area contributed by atoms with E-state index in [1.54, 1.807) is 0 Å². The van der Waals surface area contributed by atoms with E-state index in [2.05, 4.69) is 10.6 Å². The van der Waals surface area contributed by atoms with Crippen molar-refractivity contribution in [1.82, 2.24) is 0 Å². The molecule has 1 fully saturated rings. The summed E-state index contributed by atoms with van der Waals surface area (Å²) in [7, 11) is 0. The zero-order valence-corrected chi connectivity index (χ0v) is 12.5. The smallest absolute Gasteiger partial charge is 0.229 e. The standard InChI is InChI=1S/C16H22N2O2/c1-10-12(17-14(19)11-8-9-11)6-5-7-13(10)18-15(20)16(2,3)4/h5-7,11H,8-9H2,1-4H3,(H,17,19)(H,18,20). The van der Waals surface area contributed by atoms with Gasteiger partial charge in [-0.2, -0.15) is 0 Å². The molecule has 2 N–H and O–H groups in total. The molecule has 1 aromatic rings. The first kappa shape index (κ1) is 14.6. The molecule has 0 aromatic heterocycles. The fourth-order valence-corrected chi connectivity index (χ4v) is 1.80. The average molecular weight is 274 g/mol. The molecule has 0 spiro atoms. The molecule has 0 saturated heterocycles. The van der Waals surface area contributed by atoms with Gasteiger partial charge in [0.15, 0.2) is 0 Å². The summed E-state index contributed by atoms with van der Waals surface area (Å²) >= 11 is 0. The second-order valence-corrected chi connectivity index (χ2v) is 6.45. The van der Waals surface area contributed by atoms with Crippen molar-refractivity contribution >= 4 is 23.2 Å². The van der Waals surface area contributed by atoms with Crippen LogP contribution < -0.4 is 10.6 Å². The van der Waals surface area contributed by atoms with Gasteiger partial charge in [0.1, 0.15) is 0 Å². The monoisotopic (exact) mass is 274 g/mol. The van der Waals surface area contributed by atoms with E-state index in [9.17, 15) is 9.59 Å². The van der Waals surface area contributed by atoms with E-state index in [0.29, 0.717) is 0 Å². The molecular weight excluding hydrogens is 252 g/mol. The van der Waals surface area contributed by atoms with Gasteiger partial charge in [0, 0.05) is 22.7 Å². The normalized spacial score (nSPS) is 14.8. The number of anilines is 2. The minimum absolute atomic E-state index is 0.0359. The van der Waals surface area contributed by atoms with Gasteiger partial charge in [-0.25, -0.2) is 0 Å². The van der Waals surface area contributed by atoms with Crippen LogP contribution in [0.4, 0.5) is 11.4 Å². The Morgan fingerprint density at radius 1 is 1.10 bits per heavy atom. The van der Waals surface area contributed by atoms with E-state index in [-0.39, 0.29) is 17.7 Å². The van der Waals surface area contributed by atoms with Gasteiger partial charge in [-0.3, -0.25) is 9.59 Å². The lowest BCUT2D eigenvalue weighted by molar-refractivity contribution is -0.123. The molecule has 0 bridgehead atoms. The van der Waals surface area contributed by atoms with Crippen molar-refractivity contribution in [1.29, 1.82) is 0 Å². The van der Waals surface area contributed by atoms with Crippen LogP contribution in [0.5, 0.6) is 0 Å². The van der Waals surface area contributed by atoms with Gasteiger partial charge in [0.25, 0.3) is 0 Å². The molecule has 20 heavy (non-hydrogen) atoms. The van der Waals surface area contributed by atoms with Gasteiger partial charge in [-0.15, -0.1) is 0 Å². The summed E-state index contributed by atoms with van der Waals surface area (Å²) in [5, 5.41) is 5.85. The van der Waals surface area contributed by atoms with Crippen molar-refractivity contribution in [3.8, 4) is 0 Å². The topological polar surface area (TPSA) is 58.2 Å². The minimum Gasteiger partial charge on any atom is -0.326 e. The number of hydrogen-bond acceptors (Lipinski definition) is 2. The Hall–Kier alpha value is -1.84. The highest BCUT2D eigenvalue weighted by Gasteiger charge is 2.30. The van der Waals surface area contributed by atoms with Crippen molar-refractivity contribution < 1.29 is 9.59 Å². The number of nitrogens with one attached hydrogen (secondary N) is 2. The average Bonchev–Trinajstić information content (AvgIpc) is 3.16. The molecule has 108 valence electrons. The highest BCUT2D eigenvalue weighted by molar-refractivity contribution is 5.98. The largest absolute Gasteiger partial charge is 0.326 e. The van der Waals surface area contributed by atoms with Crippen LogP contribution in [0, 0.1) is 18.3 Å². The number of hydrogen-bond donors (Lipinski definition) is 2. The second kappa shape index (κ2) is 5.27. The summed E-state index contributed by atoms with van der Waals surface area (Å²) in [5.74, 6) is 0.209. The number of benzene rings is 1. The maximum absolute atomic E-state index is 12.0. The predicted octanol–water partition coefficient (Wildman–Crippen LogP) is 3.33. The number of amides is 2. The Labute approximate surface area is 119 Å². The van der Waals surface area contributed by atoms with Gasteiger partial charge in [0.2, 0.25) is 11.8 Å². The number of carbonyl (C=O) groups excluding carboxylic acids is 2. The van der Waals surface area contributed by atoms with Gasteiger partial charge in [-0.1, -0.05) is 26.8 Å². The summed E-state index contributed by atoms with van der Waals surface area (Å²) < 4.78 is 0. The van der Waals surface area contributed by atoms with Crippen molar-refractivity contribution in [3.05, 3.63) is 23.8 Å². The zero-order valence-electron chi connectivity index (χ0n) is 12.5. The minimum atomic E-state index is -0.445. The van der Waals surface area contributed by atoms with Crippen LogP contribution in [0.2, 0.25) is 0 Å². The fraction of sp³-hybridized carbons (Fsp3) is 0.500. The first-order valence-corrected chi connectivity index (χ1v) is 7.01. The van der Waals surface area contributed by atoms with E-state index >= 15 is 0 Å². The first-order chi connectivity index (χ1) is 9.29. The van der Waals surface area contributed by atoms with Gasteiger partial charge >= 0.3 is 0 Å². The van der Waals surface area contributed by atoms with Crippen molar-refractivity contribution in [2.45, 2.75) is 40.5 Å². The lowest BCUT2D eigenvalue weighted by atomic mass is 9.95. The molecule has 4 heteroatoms. The summed E-state index contributed by atoms with van der Waals surface area (Å²) in [6.45, 7) is 7.52. The lowest BCUT2D eigenvalue weighted by Crippen LogP contribution is -2.28. The fourth-order valence-electron chi connectivity index (χ4n) is 1.80. The van der Waals surface area contributed by atoms with Crippen molar-refractivity contribution in [2.75, 3.05) is 10.6 Å². The third kappa shape index (κ3) is 3.38. The van der Waals surface area contributed by atoms with E-state index in [1.165, 1.54) is 0 Å². The Morgan fingerprint density at radius 3 is 2.15 bits per heavy atom. The first-order valence-electron chi connectivity index (χ1n) is 7.01. The molecule has 0 heterocycles. The highest BCUT2D eigenvalue weighted by atomic mass is 16.2. The van der Waals surface area contributed by atoms with Crippen LogP contribution in [-0.4, -0.2) is 11.8 Å². The molecule has 1 aromatic carbocycles. The van der Waals surface area contributed by atoms with Crippen LogP contribution >= 0.6 is 0 Å². The molecule has 4 nitrogen and oxygen atoms in total. The molecule has 2 rings (SSSR count). The molecule has 2 amide bonds. The molecular formula is C16H22N2O2. The molecule has 1 saturated carbocycles. The van der Waals surface area contributed by atoms with Crippen molar-refractivity contribution in [3.63, 3.8) is 0 Å².